The molecule has 9 heteroatoms. The maximum Gasteiger partial charge on any atom is 0.516 e. The van der Waals surface area contributed by atoms with E-state index in [9.17, 15) is 19.2 Å². The van der Waals surface area contributed by atoms with Crippen LogP contribution in [0.3, 0.4) is 0 Å². The average molecular weight is 418 g/mol. The molecule has 2 aliphatic rings. The molecular weight excluding hydrogens is 396 g/mol. The van der Waals surface area contributed by atoms with Crippen LogP contribution < -0.4 is 5.32 Å². The minimum atomic E-state index is -1.10. The summed E-state index contributed by atoms with van der Waals surface area (Å²) in [6.07, 6.45) is -0.409. The van der Waals surface area contributed by atoms with Crippen LogP contribution in [0.4, 0.5) is 4.79 Å². The van der Waals surface area contributed by atoms with E-state index in [4.69, 9.17) is 4.74 Å². The topological polar surface area (TPSA) is 102 Å². The number of fused-ring (bicyclic) bond motifs is 1. The Balaban J connectivity index is 1.69. The van der Waals surface area contributed by atoms with E-state index in [-0.39, 0.29) is 24.6 Å². The summed E-state index contributed by atoms with van der Waals surface area (Å²) in [6.45, 7) is 3.52. The lowest BCUT2D eigenvalue weighted by atomic mass is 10.0. The molecule has 1 aromatic carbocycles. The molecule has 8 nitrogen and oxygen atoms in total. The Labute approximate surface area is 172 Å². The van der Waals surface area contributed by atoms with Crippen LogP contribution >= 0.6 is 11.8 Å². The van der Waals surface area contributed by atoms with Crippen molar-refractivity contribution in [3.8, 4) is 0 Å². The second kappa shape index (κ2) is 9.13. The molecule has 0 aromatic heterocycles. The van der Waals surface area contributed by atoms with Gasteiger partial charge in [0.1, 0.15) is 17.1 Å². The van der Waals surface area contributed by atoms with Gasteiger partial charge in [-0.2, -0.15) is 0 Å². The van der Waals surface area contributed by atoms with Crippen molar-refractivity contribution in [2.24, 2.45) is 0 Å². The zero-order chi connectivity index (χ0) is 21.0. The van der Waals surface area contributed by atoms with E-state index in [0.717, 1.165) is 5.56 Å². The molecule has 154 valence electrons. The lowest BCUT2D eigenvalue weighted by molar-refractivity contribution is -0.151. The standard InChI is InChI=1S/C20H22N2O6S/c1-3-13-11-29-18-15(21-14(23)10-12-8-6-5-7-9-12)17(24)22(18)16(13)19(25)28-20(26)27-4-2/h5-9,15,18H,3-4,10-11H2,1-2H3,(H,21,23)/t15-,18-/m1/s1. The van der Waals surface area contributed by atoms with Crippen molar-refractivity contribution in [3.63, 3.8) is 0 Å². The average Bonchev–Trinajstić information content (AvgIpc) is 2.71. The van der Waals surface area contributed by atoms with Crippen molar-refractivity contribution in [3.05, 3.63) is 47.2 Å². The van der Waals surface area contributed by atoms with E-state index in [1.54, 1.807) is 6.92 Å². The zero-order valence-electron chi connectivity index (χ0n) is 16.2. The third-order valence-corrected chi connectivity index (χ3v) is 5.97. The van der Waals surface area contributed by atoms with Gasteiger partial charge in [-0.15, -0.1) is 11.8 Å². The van der Waals surface area contributed by atoms with Crippen molar-refractivity contribution >= 4 is 35.7 Å². The van der Waals surface area contributed by atoms with E-state index >= 15 is 0 Å². The third kappa shape index (κ3) is 4.45. The summed E-state index contributed by atoms with van der Waals surface area (Å²) >= 11 is 1.46. The summed E-state index contributed by atoms with van der Waals surface area (Å²) in [6, 6.07) is 8.50. The summed E-state index contributed by atoms with van der Waals surface area (Å²) in [7, 11) is 0. The number of nitrogens with one attached hydrogen (secondary N) is 1. The first-order valence-corrected chi connectivity index (χ1v) is 10.4. The molecule has 1 fully saturated rings. The minimum absolute atomic E-state index is 0.0719. The summed E-state index contributed by atoms with van der Waals surface area (Å²) < 4.78 is 9.35. The van der Waals surface area contributed by atoms with Crippen molar-refractivity contribution < 1.29 is 28.7 Å². The number of ether oxygens (including phenoxy) is 2. The van der Waals surface area contributed by atoms with Gasteiger partial charge >= 0.3 is 12.1 Å². The number of carbonyl (C=O) groups excluding carboxylic acids is 4. The highest BCUT2D eigenvalue weighted by Crippen LogP contribution is 2.41. The fourth-order valence-corrected chi connectivity index (χ4v) is 4.67. The van der Waals surface area contributed by atoms with Crippen LogP contribution in [0.25, 0.3) is 0 Å². The molecule has 1 saturated heterocycles. The van der Waals surface area contributed by atoms with Gasteiger partial charge in [0.05, 0.1) is 13.0 Å². The van der Waals surface area contributed by atoms with Crippen LogP contribution in [0.5, 0.6) is 0 Å². The van der Waals surface area contributed by atoms with Gasteiger partial charge in [0.2, 0.25) is 5.91 Å². The number of esters is 1. The molecule has 2 atom stereocenters. The van der Waals surface area contributed by atoms with Crippen LogP contribution in [-0.4, -0.2) is 52.6 Å². The van der Waals surface area contributed by atoms with E-state index < -0.39 is 29.4 Å². The van der Waals surface area contributed by atoms with Crippen LogP contribution in [0.1, 0.15) is 25.8 Å². The second-order valence-electron chi connectivity index (χ2n) is 6.50. The smallest absolute Gasteiger partial charge is 0.434 e. The maximum absolute atomic E-state index is 12.7. The van der Waals surface area contributed by atoms with Crippen molar-refractivity contribution in [1.29, 1.82) is 0 Å². The largest absolute Gasteiger partial charge is 0.516 e. The minimum Gasteiger partial charge on any atom is -0.434 e. The zero-order valence-corrected chi connectivity index (χ0v) is 17.0. The SMILES string of the molecule is CCOC(=O)OC(=O)C1=C(CC)CS[C@@H]2[C@H](NC(=O)Cc3ccccc3)C(=O)N12. The predicted molar refractivity (Wildman–Crippen MR) is 106 cm³/mol. The van der Waals surface area contributed by atoms with Crippen molar-refractivity contribution in [2.45, 2.75) is 38.1 Å². The molecule has 0 radical (unpaired) electrons. The second-order valence-corrected chi connectivity index (χ2v) is 7.60. The number of hydrogen-bond acceptors (Lipinski definition) is 7. The predicted octanol–water partition coefficient (Wildman–Crippen LogP) is 1.99. The molecule has 0 saturated carbocycles. The Hall–Kier alpha value is -2.81. The number of thioether (sulfide) groups is 1. The fourth-order valence-electron chi connectivity index (χ4n) is 3.22. The Kier molecular flexibility index (Phi) is 6.58. The van der Waals surface area contributed by atoms with Gasteiger partial charge in [0.25, 0.3) is 5.91 Å². The lowest BCUT2D eigenvalue weighted by Crippen LogP contribution is -2.70. The number of carbonyl (C=O) groups is 4. The number of benzene rings is 1. The van der Waals surface area contributed by atoms with E-state index in [1.807, 2.05) is 37.3 Å². The molecule has 0 bridgehead atoms. The third-order valence-electron chi connectivity index (χ3n) is 4.63. The number of amides is 2. The van der Waals surface area contributed by atoms with Crippen LogP contribution in [0.2, 0.25) is 0 Å². The number of rotatable bonds is 6. The number of β-lactam (4-membered cyclic amide) rings is 1. The normalized spacial score (nSPS) is 20.5. The van der Waals surface area contributed by atoms with Crippen molar-refractivity contribution in [2.75, 3.05) is 12.4 Å². The maximum atomic E-state index is 12.7. The molecule has 1 N–H and O–H groups in total. The molecule has 2 heterocycles. The first-order chi connectivity index (χ1) is 14.0. The molecular formula is C20H22N2O6S. The summed E-state index contributed by atoms with van der Waals surface area (Å²) in [5, 5.41) is 2.34. The molecule has 2 aliphatic heterocycles. The van der Waals surface area contributed by atoms with Gasteiger partial charge in [-0.3, -0.25) is 14.5 Å². The molecule has 2 amide bonds. The molecule has 0 unspecified atom stereocenters. The molecule has 3 rings (SSSR count). The quantitative estimate of drug-likeness (QED) is 0.428. The van der Waals surface area contributed by atoms with E-state index in [0.29, 0.717) is 17.7 Å². The Bertz CT molecular complexity index is 854. The molecule has 29 heavy (non-hydrogen) atoms. The van der Waals surface area contributed by atoms with Crippen molar-refractivity contribution in [1.82, 2.24) is 10.2 Å². The van der Waals surface area contributed by atoms with Crippen LogP contribution in [0.15, 0.2) is 41.6 Å². The van der Waals surface area contributed by atoms with Gasteiger partial charge in [-0.25, -0.2) is 9.59 Å². The van der Waals surface area contributed by atoms with E-state index in [1.165, 1.54) is 16.7 Å². The fraction of sp³-hybridized carbons (Fsp3) is 0.400. The highest BCUT2D eigenvalue weighted by molar-refractivity contribution is 8.00. The number of nitrogens with zero attached hydrogens (tertiary/aromatic N) is 1. The highest BCUT2D eigenvalue weighted by atomic mass is 32.2. The van der Waals surface area contributed by atoms with Gasteiger partial charge in [-0.05, 0) is 24.5 Å². The Morgan fingerprint density at radius 3 is 2.59 bits per heavy atom. The van der Waals surface area contributed by atoms with E-state index in [2.05, 4.69) is 10.1 Å². The van der Waals surface area contributed by atoms with Gasteiger partial charge in [-0.1, -0.05) is 37.3 Å². The summed E-state index contributed by atoms with van der Waals surface area (Å²) in [5.74, 6) is -1.07. The Morgan fingerprint density at radius 1 is 1.21 bits per heavy atom. The monoisotopic (exact) mass is 418 g/mol. The van der Waals surface area contributed by atoms with Crippen LogP contribution in [0, 0.1) is 0 Å². The summed E-state index contributed by atoms with van der Waals surface area (Å²) in [4.78, 5) is 50.3. The van der Waals surface area contributed by atoms with Gasteiger partial charge in [0.15, 0.2) is 0 Å². The van der Waals surface area contributed by atoms with Gasteiger partial charge < -0.3 is 14.8 Å². The molecule has 1 aromatic rings. The molecule has 0 aliphatic carbocycles. The first-order valence-electron chi connectivity index (χ1n) is 9.35. The highest BCUT2D eigenvalue weighted by Gasteiger charge is 2.54. The van der Waals surface area contributed by atoms with Crippen LogP contribution in [-0.2, 0) is 30.3 Å². The first kappa shape index (κ1) is 20.9. The molecule has 0 spiro atoms. The summed E-state index contributed by atoms with van der Waals surface area (Å²) in [5.41, 5.74) is 1.63. The van der Waals surface area contributed by atoms with Gasteiger partial charge in [0, 0.05) is 5.75 Å². The lowest BCUT2D eigenvalue weighted by Gasteiger charge is -2.49. The number of hydrogen-bond donors (Lipinski definition) is 1. The Morgan fingerprint density at radius 2 is 1.93 bits per heavy atom.